The van der Waals surface area contributed by atoms with E-state index < -0.39 is 24.2 Å². The summed E-state index contributed by atoms with van der Waals surface area (Å²) in [5.74, 6) is -0.368. The average Bonchev–Trinajstić information content (AvgIpc) is 3.17. The first-order valence-corrected chi connectivity index (χ1v) is 13.3. The average molecular weight is 512 g/mol. The molecule has 2 fully saturated rings. The van der Waals surface area contributed by atoms with Crippen LogP contribution in [0.25, 0.3) is 0 Å². The number of hydrogen-bond acceptors (Lipinski definition) is 4. The van der Waals surface area contributed by atoms with Gasteiger partial charge in [-0.25, -0.2) is 4.79 Å². The van der Waals surface area contributed by atoms with Crippen LogP contribution in [0.3, 0.4) is 0 Å². The SMILES string of the molecule is COC(=O)C1=CC2=CC[C@H]3[C@@H]4CC[C@H](C(=O)NC(C(C)C)C(O)C(F)(F)F)[C@@]4(C)CC[C@@H]3[C@@]2(C)CC1. The molecular weight excluding hydrogens is 471 g/mol. The Hall–Kier alpha value is -1.83. The third kappa shape index (κ3) is 4.41. The zero-order valence-corrected chi connectivity index (χ0v) is 22.0. The number of amides is 1. The lowest BCUT2D eigenvalue weighted by Gasteiger charge is -2.57. The van der Waals surface area contributed by atoms with Gasteiger partial charge in [-0.1, -0.05) is 33.8 Å². The molecule has 5 nitrogen and oxygen atoms in total. The lowest BCUT2D eigenvalue weighted by Crippen LogP contribution is -2.56. The topological polar surface area (TPSA) is 75.6 Å². The van der Waals surface area contributed by atoms with Gasteiger partial charge in [0.25, 0.3) is 0 Å². The number of carbonyl (C=O) groups excluding carboxylic acids is 2. The monoisotopic (exact) mass is 511 g/mol. The van der Waals surface area contributed by atoms with E-state index in [1.54, 1.807) is 13.8 Å². The molecule has 1 amide bonds. The molecule has 0 aromatic carbocycles. The Bertz CT molecular complexity index is 957. The number of ether oxygens (including phenoxy) is 1. The largest absolute Gasteiger partial charge is 0.466 e. The first-order valence-electron chi connectivity index (χ1n) is 13.3. The van der Waals surface area contributed by atoms with E-state index in [0.717, 1.165) is 37.7 Å². The van der Waals surface area contributed by atoms with E-state index in [2.05, 4.69) is 25.2 Å². The number of alkyl halides is 3. The molecular formula is C28H40F3NO4. The van der Waals surface area contributed by atoms with Crippen LogP contribution < -0.4 is 5.32 Å². The van der Waals surface area contributed by atoms with E-state index in [0.29, 0.717) is 30.6 Å². The summed E-state index contributed by atoms with van der Waals surface area (Å²) in [5.41, 5.74) is 1.63. The molecule has 4 aliphatic carbocycles. The van der Waals surface area contributed by atoms with Crippen molar-refractivity contribution in [1.82, 2.24) is 5.32 Å². The molecule has 36 heavy (non-hydrogen) atoms. The van der Waals surface area contributed by atoms with Crippen molar-refractivity contribution < 1.29 is 32.6 Å². The van der Waals surface area contributed by atoms with E-state index in [1.165, 1.54) is 12.7 Å². The Morgan fingerprint density at radius 3 is 2.44 bits per heavy atom. The van der Waals surface area contributed by atoms with Crippen LogP contribution in [0.5, 0.6) is 0 Å². The maximum Gasteiger partial charge on any atom is 0.416 e. The van der Waals surface area contributed by atoms with E-state index in [1.807, 2.05) is 6.08 Å². The molecule has 2 unspecified atom stereocenters. The van der Waals surface area contributed by atoms with Gasteiger partial charge >= 0.3 is 12.1 Å². The van der Waals surface area contributed by atoms with Crippen LogP contribution in [0, 0.1) is 40.4 Å². The second kappa shape index (κ2) is 9.48. The maximum absolute atomic E-state index is 13.4. The summed E-state index contributed by atoms with van der Waals surface area (Å²) in [4.78, 5) is 25.5. The van der Waals surface area contributed by atoms with Crippen LogP contribution in [-0.2, 0) is 14.3 Å². The van der Waals surface area contributed by atoms with Crippen molar-refractivity contribution in [2.24, 2.45) is 40.4 Å². The minimum absolute atomic E-state index is 0.0261. The number of nitrogens with one attached hydrogen (secondary N) is 1. The minimum atomic E-state index is -4.79. The maximum atomic E-state index is 13.4. The van der Waals surface area contributed by atoms with Crippen LogP contribution in [-0.4, -0.2) is 42.4 Å². The summed E-state index contributed by atoms with van der Waals surface area (Å²) < 4.78 is 44.7. The summed E-state index contributed by atoms with van der Waals surface area (Å²) in [6.07, 6.45) is 2.71. The second-order valence-corrected chi connectivity index (χ2v) is 12.3. The number of fused-ring (bicyclic) bond motifs is 5. The van der Waals surface area contributed by atoms with Crippen LogP contribution >= 0.6 is 0 Å². The van der Waals surface area contributed by atoms with Crippen molar-refractivity contribution in [3.05, 3.63) is 23.3 Å². The fourth-order valence-corrected chi connectivity index (χ4v) is 8.13. The van der Waals surface area contributed by atoms with Crippen LogP contribution in [0.4, 0.5) is 13.2 Å². The fourth-order valence-electron chi connectivity index (χ4n) is 8.13. The summed E-state index contributed by atoms with van der Waals surface area (Å²) in [5, 5.41) is 12.5. The van der Waals surface area contributed by atoms with Crippen LogP contribution in [0.15, 0.2) is 23.3 Å². The van der Waals surface area contributed by atoms with Gasteiger partial charge in [0, 0.05) is 11.5 Å². The molecule has 0 spiro atoms. The minimum Gasteiger partial charge on any atom is -0.466 e. The Morgan fingerprint density at radius 2 is 1.83 bits per heavy atom. The molecule has 0 heterocycles. The van der Waals surface area contributed by atoms with Gasteiger partial charge in [-0.3, -0.25) is 4.79 Å². The molecule has 4 aliphatic rings. The summed E-state index contributed by atoms with van der Waals surface area (Å²) in [7, 11) is 1.41. The highest BCUT2D eigenvalue weighted by Gasteiger charge is 2.60. The molecule has 0 aromatic rings. The second-order valence-electron chi connectivity index (χ2n) is 12.3. The molecule has 0 radical (unpaired) electrons. The standard InChI is InChI=1S/C28H40F3NO4/c1-15(2)22(23(33)28(29,30)31)32-24(34)21-9-8-19-18-7-6-17-14-16(25(35)36-5)10-12-26(17,3)20(18)11-13-27(19,21)4/h6,14-15,18-23,33H,7-13H2,1-5H3,(H,32,34)/t18-,19-,20-,21+,22?,23?,26-,27-/m0/s1. The number of rotatable bonds is 5. The third-order valence-corrected chi connectivity index (χ3v) is 10.2. The Balaban J connectivity index is 1.54. The molecule has 2 saturated carbocycles. The van der Waals surface area contributed by atoms with Crippen LogP contribution in [0.2, 0.25) is 0 Å². The predicted molar refractivity (Wildman–Crippen MR) is 130 cm³/mol. The molecule has 0 aliphatic heterocycles. The first kappa shape index (κ1) is 27.2. The van der Waals surface area contributed by atoms with Crippen molar-refractivity contribution in [2.75, 3.05) is 7.11 Å². The number of aliphatic hydroxyl groups is 1. The number of allylic oxidation sites excluding steroid dienone is 3. The van der Waals surface area contributed by atoms with Crippen LogP contribution in [0.1, 0.15) is 72.6 Å². The van der Waals surface area contributed by atoms with Gasteiger partial charge in [-0.2, -0.15) is 13.2 Å². The number of esters is 1. The molecule has 8 heteroatoms. The molecule has 4 rings (SSSR count). The molecule has 0 bridgehead atoms. The highest BCUT2D eigenvalue weighted by Crippen LogP contribution is 2.66. The van der Waals surface area contributed by atoms with Gasteiger partial charge in [0.05, 0.1) is 13.2 Å². The van der Waals surface area contributed by atoms with Gasteiger partial charge in [-0.15, -0.1) is 0 Å². The first-order chi connectivity index (χ1) is 16.7. The third-order valence-electron chi connectivity index (χ3n) is 10.2. The number of aliphatic hydroxyl groups excluding tert-OH is 1. The number of carbonyl (C=O) groups is 2. The summed E-state index contributed by atoms with van der Waals surface area (Å²) in [6.45, 7) is 7.61. The Labute approximate surface area is 211 Å². The van der Waals surface area contributed by atoms with Crippen molar-refractivity contribution in [3.63, 3.8) is 0 Å². The molecule has 202 valence electrons. The quantitative estimate of drug-likeness (QED) is 0.489. The summed E-state index contributed by atoms with van der Waals surface area (Å²) >= 11 is 0. The van der Waals surface area contributed by atoms with Gasteiger partial charge in [-0.05, 0) is 91.1 Å². The van der Waals surface area contributed by atoms with E-state index in [4.69, 9.17) is 4.74 Å². The van der Waals surface area contributed by atoms with E-state index >= 15 is 0 Å². The van der Waals surface area contributed by atoms with Crippen molar-refractivity contribution in [3.8, 4) is 0 Å². The Kier molecular flexibility index (Phi) is 7.17. The fraction of sp³-hybridized carbons (Fsp3) is 0.786. The lowest BCUT2D eigenvalue weighted by molar-refractivity contribution is -0.215. The molecule has 2 N–H and O–H groups in total. The molecule has 0 aromatic heterocycles. The van der Waals surface area contributed by atoms with E-state index in [-0.39, 0.29) is 28.6 Å². The lowest BCUT2D eigenvalue weighted by atomic mass is 9.48. The predicted octanol–water partition coefficient (Wildman–Crippen LogP) is 5.34. The van der Waals surface area contributed by atoms with E-state index in [9.17, 15) is 27.9 Å². The normalized spacial score (nSPS) is 37.6. The molecule has 0 saturated heterocycles. The zero-order valence-electron chi connectivity index (χ0n) is 22.0. The number of methoxy groups -OCH3 is 1. The highest BCUT2D eigenvalue weighted by atomic mass is 19.4. The van der Waals surface area contributed by atoms with Gasteiger partial charge in [0.15, 0.2) is 6.10 Å². The van der Waals surface area contributed by atoms with Gasteiger partial charge < -0.3 is 15.2 Å². The highest BCUT2D eigenvalue weighted by molar-refractivity contribution is 5.89. The van der Waals surface area contributed by atoms with Crippen molar-refractivity contribution in [2.45, 2.75) is 91.0 Å². The van der Waals surface area contributed by atoms with Gasteiger partial charge in [0.1, 0.15) is 0 Å². The number of hydrogen-bond donors (Lipinski definition) is 2. The zero-order chi connectivity index (χ0) is 26.6. The van der Waals surface area contributed by atoms with Gasteiger partial charge in [0.2, 0.25) is 5.91 Å². The van der Waals surface area contributed by atoms with Crippen molar-refractivity contribution in [1.29, 1.82) is 0 Å². The van der Waals surface area contributed by atoms with Crippen molar-refractivity contribution >= 4 is 11.9 Å². The summed E-state index contributed by atoms with van der Waals surface area (Å²) in [6, 6.07) is -1.37. The number of halogens is 3. The smallest absolute Gasteiger partial charge is 0.416 e. The Morgan fingerprint density at radius 1 is 1.14 bits per heavy atom. The molecule has 8 atom stereocenters.